The number of aliphatic carboxylic acids is 2. The van der Waals surface area contributed by atoms with Crippen molar-refractivity contribution in [2.24, 2.45) is 0 Å². The number of carboxylic acid groups (broad SMARTS) is 2. The molecule has 0 fully saturated rings. The van der Waals surface area contributed by atoms with E-state index in [0.29, 0.717) is 16.3 Å². The molecular formula is C12H14ClNO5. The van der Waals surface area contributed by atoms with E-state index in [2.05, 4.69) is 5.32 Å². The van der Waals surface area contributed by atoms with Gasteiger partial charge in [0.2, 0.25) is 0 Å². The lowest BCUT2D eigenvalue weighted by Crippen LogP contribution is -2.33. The molecule has 1 aromatic carbocycles. The van der Waals surface area contributed by atoms with Crippen LogP contribution >= 0.6 is 11.6 Å². The van der Waals surface area contributed by atoms with Gasteiger partial charge < -0.3 is 20.3 Å². The second-order valence-corrected chi connectivity index (χ2v) is 4.31. The number of hydrogen-bond acceptors (Lipinski definition) is 4. The molecule has 0 aliphatic rings. The molecule has 6 nitrogen and oxygen atoms in total. The summed E-state index contributed by atoms with van der Waals surface area (Å²) in [5.74, 6) is -1.71. The van der Waals surface area contributed by atoms with Gasteiger partial charge in [0.15, 0.2) is 6.61 Å². The molecule has 0 amide bonds. The quantitative estimate of drug-likeness (QED) is 0.701. The van der Waals surface area contributed by atoms with Crippen LogP contribution in [0.25, 0.3) is 0 Å². The van der Waals surface area contributed by atoms with E-state index in [1.54, 1.807) is 18.2 Å². The van der Waals surface area contributed by atoms with Crippen molar-refractivity contribution in [2.45, 2.75) is 19.5 Å². The molecule has 7 heteroatoms. The standard InChI is InChI=1S/C12H14ClNO5/c1-7(12(17)18)14-5-8-4-9(13)2-3-10(8)19-6-11(15)16/h2-4,7,14H,5-6H2,1H3,(H,15,16)(H,17,18). The minimum absolute atomic E-state index is 0.211. The lowest BCUT2D eigenvalue weighted by atomic mass is 10.2. The minimum Gasteiger partial charge on any atom is -0.482 e. The van der Waals surface area contributed by atoms with Gasteiger partial charge in [-0.15, -0.1) is 0 Å². The van der Waals surface area contributed by atoms with Crippen molar-refractivity contribution in [1.82, 2.24) is 5.32 Å². The van der Waals surface area contributed by atoms with Crippen molar-refractivity contribution in [2.75, 3.05) is 6.61 Å². The van der Waals surface area contributed by atoms with Crippen molar-refractivity contribution < 1.29 is 24.5 Å². The van der Waals surface area contributed by atoms with Crippen LogP contribution in [0.4, 0.5) is 0 Å². The molecule has 0 radical (unpaired) electrons. The minimum atomic E-state index is -1.09. The maximum absolute atomic E-state index is 10.7. The van der Waals surface area contributed by atoms with Crippen molar-refractivity contribution >= 4 is 23.5 Å². The fourth-order valence-corrected chi connectivity index (χ4v) is 1.51. The number of hydrogen-bond donors (Lipinski definition) is 3. The Labute approximate surface area is 114 Å². The summed E-state index contributed by atoms with van der Waals surface area (Å²) in [5, 5.41) is 20.6. The molecule has 0 bridgehead atoms. The molecule has 104 valence electrons. The highest BCUT2D eigenvalue weighted by Crippen LogP contribution is 2.23. The van der Waals surface area contributed by atoms with Crippen molar-refractivity contribution in [1.29, 1.82) is 0 Å². The Morgan fingerprint density at radius 1 is 1.42 bits per heavy atom. The predicted octanol–water partition coefficient (Wildman–Crippen LogP) is 1.37. The largest absolute Gasteiger partial charge is 0.482 e. The number of carbonyl (C=O) groups is 2. The normalized spacial score (nSPS) is 11.9. The van der Waals surface area contributed by atoms with Gasteiger partial charge in [-0.2, -0.15) is 0 Å². The molecule has 1 unspecified atom stereocenters. The Kier molecular flexibility index (Phi) is 5.59. The summed E-state index contributed by atoms with van der Waals surface area (Å²) in [6, 6.07) is 3.99. The summed E-state index contributed by atoms with van der Waals surface area (Å²) in [6.45, 7) is 1.25. The van der Waals surface area contributed by atoms with Crippen molar-refractivity contribution in [3.05, 3.63) is 28.8 Å². The third-order valence-electron chi connectivity index (χ3n) is 2.34. The van der Waals surface area contributed by atoms with Gasteiger partial charge in [0.1, 0.15) is 11.8 Å². The third-order valence-corrected chi connectivity index (χ3v) is 2.58. The van der Waals surface area contributed by atoms with Crippen LogP contribution in [0.5, 0.6) is 5.75 Å². The first-order chi connectivity index (χ1) is 8.90. The number of nitrogens with one attached hydrogen (secondary N) is 1. The van der Waals surface area contributed by atoms with Crippen LogP contribution in [0, 0.1) is 0 Å². The lowest BCUT2D eigenvalue weighted by molar-refractivity contribution is -0.140. The van der Waals surface area contributed by atoms with Crippen molar-refractivity contribution in [3.63, 3.8) is 0 Å². The first-order valence-corrected chi connectivity index (χ1v) is 5.87. The fraction of sp³-hybridized carbons (Fsp3) is 0.333. The van der Waals surface area contributed by atoms with Crippen LogP contribution in [0.2, 0.25) is 5.02 Å². The van der Waals surface area contributed by atoms with Crippen LogP contribution in [-0.2, 0) is 16.1 Å². The van der Waals surface area contributed by atoms with E-state index in [-0.39, 0.29) is 6.54 Å². The first-order valence-electron chi connectivity index (χ1n) is 5.49. The average Bonchev–Trinajstić information content (AvgIpc) is 2.34. The molecule has 1 atom stereocenters. The van der Waals surface area contributed by atoms with Gasteiger partial charge in [-0.1, -0.05) is 11.6 Å². The van der Waals surface area contributed by atoms with Crippen molar-refractivity contribution in [3.8, 4) is 5.75 Å². The van der Waals surface area contributed by atoms with E-state index >= 15 is 0 Å². The topological polar surface area (TPSA) is 95.9 Å². The molecule has 0 aliphatic carbocycles. The van der Waals surface area contributed by atoms with Gasteiger partial charge in [0.05, 0.1) is 0 Å². The zero-order valence-corrected chi connectivity index (χ0v) is 11.0. The fourth-order valence-electron chi connectivity index (χ4n) is 1.32. The molecule has 0 saturated heterocycles. The zero-order chi connectivity index (χ0) is 14.4. The van der Waals surface area contributed by atoms with E-state index in [1.165, 1.54) is 6.92 Å². The molecule has 0 aliphatic heterocycles. The van der Waals surface area contributed by atoms with Gasteiger partial charge in [-0.3, -0.25) is 4.79 Å². The van der Waals surface area contributed by atoms with E-state index in [0.717, 1.165) is 0 Å². The highest BCUT2D eigenvalue weighted by Gasteiger charge is 2.12. The number of halogens is 1. The van der Waals surface area contributed by atoms with Crippen LogP contribution in [-0.4, -0.2) is 34.8 Å². The van der Waals surface area contributed by atoms with Crippen LogP contribution in [0.3, 0.4) is 0 Å². The molecule has 0 saturated carbocycles. The summed E-state index contributed by atoms with van der Waals surface area (Å²) < 4.78 is 5.10. The van der Waals surface area contributed by atoms with Gasteiger partial charge in [0.25, 0.3) is 0 Å². The second-order valence-electron chi connectivity index (χ2n) is 3.88. The van der Waals surface area contributed by atoms with Crippen LogP contribution in [0.15, 0.2) is 18.2 Å². The molecule has 3 N–H and O–H groups in total. The smallest absolute Gasteiger partial charge is 0.341 e. The van der Waals surface area contributed by atoms with Gasteiger partial charge in [-0.05, 0) is 25.1 Å². The molecule has 0 heterocycles. The van der Waals surface area contributed by atoms with E-state index < -0.39 is 24.6 Å². The highest BCUT2D eigenvalue weighted by atomic mass is 35.5. The highest BCUT2D eigenvalue weighted by molar-refractivity contribution is 6.30. The molecule has 0 spiro atoms. The maximum Gasteiger partial charge on any atom is 0.341 e. The van der Waals surface area contributed by atoms with Gasteiger partial charge >= 0.3 is 11.9 Å². The number of benzene rings is 1. The summed E-state index contributed by atoms with van der Waals surface area (Å²) in [5.41, 5.74) is 0.599. The second kappa shape index (κ2) is 6.96. The monoisotopic (exact) mass is 287 g/mol. The van der Waals surface area contributed by atoms with Crippen LogP contribution in [0.1, 0.15) is 12.5 Å². The van der Waals surface area contributed by atoms with E-state index in [9.17, 15) is 9.59 Å². The Balaban J connectivity index is 2.76. The third kappa shape index (κ3) is 5.15. The maximum atomic E-state index is 10.7. The molecular weight excluding hydrogens is 274 g/mol. The van der Waals surface area contributed by atoms with E-state index in [1.807, 2.05) is 0 Å². The Hall–Kier alpha value is -1.79. The van der Waals surface area contributed by atoms with Crippen LogP contribution < -0.4 is 10.1 Å². The number of carboxylic acids is 2. The zero-order valence-electron chi connectivity index (χ0n) is 10.2. The number of rotatable bonds is 7. The SMILES string of the molecule is CC(NCc1cc(Cl)ccc1OCC(=O)O)C(=O)O. The summed E-state index contributed by atoms with van der Waals surface area (Å²) >= 11 is 5.84. The summed E-state index contributed by atoms with van der Waals surface area (Å²) in [4.78, 5) is 21.2. The molecule has 1 aromatic rings. The molecule has 19 heavy (non-hydrogen) atoms. The lowest BCUT2D eigenvalue weighted by Gasteiger charge is -2.13. The Bertz CT molecular complexity index is 477. The predicted molar refractivity (Wildman–Crippen MR) is 68.5 cm³/mol. The average molecular weight is 288 g/mol. The van der Waals surface area contributed by atoms with Gasteiger partial charge in [0, 0.05) is 17.1 Å². The van der Waals surface area contributed by atoms with Gasteiger partial charge in [-0.25, -0.2) is 4.79 Å². The Morgan fingerprint density at radius 2 is 2.11 bits per heavy atom. The summed E-state index contributed by atoms with van der Waals surface area (Å²) in [7, 11) is 0. The summed E-state index contributed by atoms with van der Waals surface area (Å²) in [6.07, 6.45) is 0. The molecule has 0 aromatic heterocycles. The first kappa shape index (κ1) is 15.3. The number of ether oxygens (including phenoxy) is 1. The van der Waals surface area contributed by atoms with E-state index in [4.69, 9.17) is 26.6 Å². The Morgan fingerprint density at radius 3 is 2.68 bits per heavy atom. The molecule has 1 rings (SSSR count).